The SMILES string of the molecule is Cc1nc2ccccc2n1CCC(=O)N1CCCNC(=O)CCC(c2ccccc2)CCNC(=O)C1. The van der Waals surface area contributed by atoms with E-state index in [-0.39, 0.29) is 36.6 Å². The summed E-state index contributed by atoms with van der Waals surface area (Å²) in [5.41, 5.74) is 3.08. The Morgan fingerprint density at radius 1 is 0.972 bits per heavy atom. The minimum absolute atomic E-state index is 0.0203. The van der Waals surface area contributed by atoms with Gasteiger partial charge in [0.05, 0.1) is 17.6 Å². The second kappa shape index (κ2) is 12.3. The molecule has 3 amide bonds. The summed E-state index contributed by atoms with van der Waals surface area (Å²) in [6.07, 6.45) is 2.79. The number of amides is 3. The number of benzene rings is 2. The summed E-state index contributed by atoms with van der Waals surface area (Å²) in [7, 11) is 0. The molecule has 0 aliphatic carbocycles. The molecular formula is C28H35N5O3. The van der Waals surface area contributed by atoms with E-state index in [1.54, 1.807) is 4.90 Å². The molecule has 2 N–H and O–H groups in total. The lowest BCUT2D eigenvalue weighted by Crippen LogP contribution is -2.42. The van der Waals surface area contributed by atoms with E-state index in [2.05, 4.69) is 27.8 Å². The molecule has 1 aliphatic heterocycles. The monoisotopic (exact) mass is 489 g/mol. The normalized spacial score (nSPS) is 18.4. The predicted molar refractivity (Wildman–Crippen MR) is 139 cm³/mol. The fourth-order valence-electron chi connectivity index (χ4n) is 4.85. The highest BCUT2D eigenvalue weighted by atomic mass is 16.2. The highest BCUT2D eigenvalue weighted by Crippen LogP contribution is 2.24. The van der Waals surface area contributed by atoms with Crippen molar-refractivity contribution < 1.29 is 14.4 Å². The molecule has 3 aromatic rings. The van der Waals surface area contributed by atoms with Crippen LogP contribution in [0.2, 0.25) is 0 Å². The molecule has 2 heterocycles. The standard InChI is InChI=1S/C28H35N5O3/c1-21-31-24-10-5-6-11-25(24)33(21)19-15-28(36)32-18-7-16-29-26(34)13-12-23(14-17-30-27(35)20-32)22-8-3-2-4-9-22/h2-6,8-11,23H,7,12-20H2,1H3,(H,29,34)(H,30,35). The first-order chi connectivity index (χ1) is 17.5. The van der Waals surface area contributed by atoms with E-state index in [4.69, 9.17) is 0 Å². The van der Waals surface area contributed by atoms with Crippen molar-refractivity contribution in [3.63, 3.8) is 0 Å². The lowest BCUT2D eigenvalue weighted by atomic mass is 9.91. The summed E-state index contributed by atoms with van der Waals surface area (Å²) in [6.45, 7) is 3.85. The van der Waals surface area contributed by atoms with Crippen LogP contribution in [0.3, 0.4) is 0 Å². The van der Waals surface area contributed by atoms with Crippen molar-refractivity contribution in [3.05, 3.63) is 66.0 Å². The Morgan fingerprint density at radius 3 is 2.56 bits per heavy atom. The van der Waals surface area contributed by atoms with E-state index in [0.717, 1.165) is 29.7 Å². The molecule has 1 unspecified atom stereocenters. The minimum Gasteiger partial charge on any atom is -0.356 e. The maximum absolute atomic E-state index is 13.2. The maximum atomic E-state index is 13.2. The van der Waals surface area contributed by atoms with Crippen molar-refractivity contribution in [1.29, 1.82) is 0 Å². The van der Waals surface area contributed by atoms with Gasteiger partial charge in [0.15, 0.2) is 0 Å². The van der Waals surface area contributed by atoms with Crippen LogP contribution in [-0.4, -0.2) is 58.4 Å². The molecule has 4 rings (SSSR count). The number of rotatable bonds is 4. The highest BCUT2D eigenvalue weighted by molar-refractivity contribution is 5.85. The van der Waals surface area contributed by atoms with Crippen molar-refractivity contribution >= 4 is 28.8 Å². The van der Waals surface area contributed by atoms with E-state index in [1.807, 2.05) is 54.0 Å². The van der Waals surface area contributed by atoms with Crippen molar-refractivity contribution in [1.82, 2.24) is 25.1 Å². The molecule has 1 saturated heterocycles. The number of nitrogens with zero attached hydrogens (tertiary/aromatic N) is 3. The second-order valence-corrected chi connectivity index (χ2v) is 9.35. The number of aryl methyl sites for hydroxylation is 2. The second-order valence-electron chi connectivity index (χ2n) is 9.35. The number of carbonyl (C=O) groups is 3. The largest absolute Gasteiger partial charge is 0.356 e. The first kappa shape index (κ1) is 25.4. The zero-order valence-corrected chi connectivity index (χ0v) is 20.9. The molecule has 8 nitrogen and oxygen atoms in total. The van der Waals surface area contributed by atoms with Crippen LogP contribution >= 0.6 is 0 Å². The van der Waals surface area contributed by atoms with Gasteiger partial charge in [0, 0.05) is 39.0 Å². The molecule has 0 radical (unpaired) electrons. The minimum atomic E-state index is -0.152. The number of carbonyl (C=O) groups excluding carboxylic acids is 3. The highest BCUT2D eigenvalue weighted by Gasteiger charge is 2.20. The average Bonchev–Trinajstić information content (AvgIpc) is 3.21. The van der Waals surface area contributed by atoms with E-state index in [1.165, 1.54) is 5.56 Å². The number of para-hydroxylation sites is 2. The number of aromatic nitrogens is 2. The van der Waals surface area contributed by atoms with Gasteiger partial charge in [-0.1, -0.05) is 42.5 Å². The Labute approximate surface area is 212 Å². The average molecular weight is 490 g/mol. The van der Waals surface area contributed by atoms with Crippen molar-refractivity contribution in [3.8, 4) is 0 Å². The lowest BCUT2D eigenvalue weighted by Gasteiger charge is -2.24. The molecule has 0 saturated carbocycles. The van der Waals surface area contributed by atoms with Gasteiger partial charge in [-0.3, -0.25) is 14.4 Å². The summed E-state index contributed by atoms with van der Waals surface area (Å²) in [5, 5.41) is 5.96. The van der Waals surface area contributed by atoms with Crippen LogP contribution in [0.1, 0.15) is 49.4 Å². The van der Waals surface area contributed by atoms with Crippen LogP contribution in [0.15, 0.2) is 54.6 Å². The number of nitrogens with one attached hydrogen (secondary N) is 2. The first-order valence-corrected chi connectivity index (χ1v) is 12.8. The molecule has 36 heavy (non-hydrogen) atoms. The van der Waals surface area contributed by atoms with E-state index in [9.17, 15) is 14.4 Å². The molecule has 0 spiro atoms. The predicted octanol–water partition coefficient (Wildman–Crippen LogP) is 3.15. The van der Waals surface area contributed by atoms with E-state index in [0.29, 0.717) is 39.0 Å². The van der Waals surface area contributed by atoms with Crippen molar-refractivity contribution in [2.45, 2.75) is 51.5 Å². The van der Waals surface area contributed by atoms with Crippen LogP contribution in [0.4, 0.5) is 0 Å². The van der Waals surface area contributed by atoms with Crippen LogP contribution in [0, 0.1) is 6.92 Å². The van der Waals surface area contributed by atoms with E-state index < -0.39 is 0 Å². The van der Waals surface area contributed by atoms with Gasteiger partial charge in [0.1, 0.15) is 5.82 Å². The Bertz CT molecular complexity index is 1190. The van der Waals surface area contributed by atoms with Crippen LogP contribution in [-0.2, 0) is 20.9 Å². The Hall–Kier alpha value is -3.68. The van der Waals surface area contributed by atoms with Crippen molar-refractivity contribution in [2.75, 3.05) is 26.2 Å². The van der Waals surface area contributed by atoms with Gasteiger partial charge in [-0.25, -0.2) is 4.98 Å². The van der Waals surface area contributed by atoms with Crippen LogP contribution in [0.5, 0.6) is 0 Å². The summed E-state index contributed by atoms with van der Waals surface area (Å²) in [4.78, 5) is 44.5. The summed E-state index contributed by atoms with van der Waals surface area (Å²) in [6, 6.07) is 18.0. The van der Waals surface area contributed by atoms with E-state index >= 15 is 0 Å². The zero-order valence-electron chi connectivity index (χ0n) is 20.9. The summed E-state index contributed by atoms with van der Waals surface area (Å²) >= 11 is 0. The Balaban J connectivity index is 1.39. The molecule has 8 heteroatoms. The fraction of sp³-hybridized carbons (Fsp3) is 0.429. The molecule has 2 aromatic carbocycles. The molecular weight excluding hydrogens is 454 g/mol. The molecule has 1 fully saturated rings. The van der Waals surface area contributed by atoms with Gasteiger partial charge in [-0.2, -0.15) is 0 Å². The Kier molecular flexibility index (Phi) is 8.71. The van der Waals surface area contributed by atoms with Gasteiger partial charge in [-0.05, 0) is 49.8 Å². The van der Waals surface area contributed by atoms with Crippen molar-refractivity contribution in [2.24, 2.45) is 0 Å². The summed E-state index contributed by atoms with van der Waals surface area (Å²) in [5.74, 6) is 0.838. The maximum Gasteiger partial charge on any atom is 0.239 e. The Morgan fingerprint density at radius 2 is 1.72 bits per heavy atom. The molecule has 1 aliphatic rings. The molecule has 1 atom stereocenters. The van der Waals surface area contributed by atoms with Crippen LogP contribution < -0.4 is 10.6 Å². The number of hydrogen-bond donors (Lipinski definition) is 2. The fourth-order valence-corrected chi connectivity index (χ4v) is 4.85. The lowest BCUT2D eigenvalue weighted by molar-refractivity contribution is -0.136. The molecule has 0 bridgehead atoms. The van der Waals surface area contributed by atoms with Gasteiger partial charge >= 0.3 is 0 Å². The van der Waals surface area contributed by atoms with Gasteiger partial charge in [-0.15, -0.1) is 0 Å². The third-order valence-electron chi connectivity index (χ3n) is 6.81. The third kappa shape index (κ3) is 6.71. The topological polar surface area (TPSA) is 96.3 Å². The van der Waals surface area contributed by atoms with Gasteiger partial charge in [0.25, 0.3) is 0 Å². The quantitative estimate of drug-likeness (QED) is 0.589. The summed E-state index contributed by atoms with van der Waals surface area (Å²) < 4.78 is 2.04. The number of hydrogen-bond acceptors (Lipinski definition) is 4. The third-order valence-corrected chi connectivity index (χ3v) is 6.81. The zero-order chi connectivity index (χ0) is 25.3. The molecule has 1 aromatic heterocycles. The van der Waals surface area contributed by atoms with Crippen LogP contribution in [0.25, 0.3) is 11.0 Å². The smallest absolute Gasteiger partial charge is 0.239 e. The first-order valence-electron chi connectivity index (χ1n) is 12.8. The number of imidazole rings is 1. The van der Waals surface area contributed by atoms with Gasteiger partial charge < -0.3 is 20.1 Å². The number of fused-ring (bicyclic) bond motifs is 1. The van der Waals surface area contributed by atoms with Gasteiger partial charge in [0.2, 0.25) is 17.7 Å². The molecule has 190 valence electrons.